The summed E-state index contributed by atoms with van der Waals surface area (Å²) in [6.07, 6.45) is 4.82. The van der Waals surface area contributed by atoms with Crippen LogP contribution in [0.4, 0.5) is 0 Å². The average Bonchev–Trinajstić information content (AvgIpc) is 2.70. The van der Waals surface area contributed by atoms with Crippen LogP contribution in [-0.2, 0) is 4.79 Å². The number of carboxylic acids is 1. The SMILES string of the molecule is O=C(O)C1=NN=C2CC3C=C3C=C21. The molecule has 3 aliphatic rings. The predicted molar refractivity (Wildman–Crippen MR) is 46.8 cm³/mol. The molecule has 0 bridgehead atoms. The third-order valence-electron chi connectivity index (χ3n) is 2.48. The van der Waals surface area contributed by atoms with Crippen molar-refractivity contribution in [2.45, 2.75) is 6.42 Å². The first-order valence-corrected chi connectivity index (χ1v) is 4.07. The van der Waals surface area contributed by atoms with Crippen LogP contribution in [0.25, 0.3) is 0 Å². The number of allylic oxidation sites excluding steroid dienone is 3. The van der Waals surface area contributed by atoms with Crippen LogP contribution in [0.5, 0.6) is 0 Å². The summed E-state index contributed by atoms with van der Waals surface area (Å²) in [5, 5.41) is 16.3. The molecule has 64 valence electrons. The van der Waals surface area contributed by atoms with Gasteiger partial charge in [-0.15, -0.1) is 5.10 Å². The van der Waals surface area contributed by atoms with E-state index < -0.39 is 5.97 Å². The molecule has 0 saturated heterocycles. The molecule has 1 unspecified atom stereocenters. The Hall–Kier alpha value is -1.71. The van der Waals surface area contributed by atoms with E-state index in [4.69, 9.17) is 5.11 Å². The summed E-state index contributed by atoms with van der Waals surface area (Å²) < 4.78 is 0. The standard InChI is InChI=1S/C9H6N2O2/c12-9(13)8-6-2-4-1-5(4)3-7(6)10-11-8/h1-2,5H,3H2,(H,12,13). The van der Waals surface area contributed by atoms with Crippen LogP contribution in [0.3, 0.4) is 0 Å². The van der Waals surface area contributed by atoms with Crippen LogP contribution < -0.4 is 0 Å². The normalized spacial score (nSPS) is 27.8. The summed E-state index contributed by atoms with van der Waals surface area (Å²) in [6.45, 7) is 0. The third-order valence-corrected chi connectivity index (χ3v) is 2.48. The van der Waals surface area contributed by atoms with Crippen molar-refractivity contribution < 1.29 is 9.90 Å². The first-order chi connectivity index (χ1) is 6.25. The number of hydrogen-bond acceptors (Lipinski definition) is 3. The maximum atomic E-state index is 10.7. The summed E-state index contributed by atoms with van der Waals surface area (Å²) in [5.41, 5.74) is 2.83. The number of aliphatic carboxylic acids is 1. The quantitative estimate of drug-likeness (QED) is 0.638. The zero-order chi connectivity index (χ0) is 9.00. The Morgan fingerprint density at radius 3 is 3.15 bits per heavy atom. The van der Waals surface area contributed by atoms with E-state index in [0.717, 1.165) is 12.1 Å². The van der Waals surface area contributed by atoms with E-state index in [1.165, 1.54) is 5.57 Å². The minimum atomic E-state index is -0.996. The number of carbonyl (C=O) groups is 1. The minimum Gasteiger partial charge on any atom is -0.476 e. The van der Waals surface area contributed by atoms with Crippen LogP contribution >= 0.6 is 0 Å². The number of hydrogen-bond donors (Lipinski definition) is 1. The molecule has 0 aromatic carbocycles. The highest BCUT2D eigenvalue weighted by Crippen LogP contribution is 2.40. The van der Waals surface area contributed by atoms with Gasteiger partial charge >= 0.3 is 5.97 Å². The highest BCUT2D eigenvalue weighted by molar-refractivity contribution is 6.51. The molecular weight excluding hydrogens is 168 g/mol. The Morgan fingerprint density at radius 1 is 1.54 bits per heavy atom. The molecule has 0 aromatic heterocycles. The minimum absolute atomic E-state index is 0.0845. The van der Waals surface area contributed by atoms with E-state index >= 15 is 0 Å². The lowest BCUT2D eigenvalue weighted by molar-refractivity contribution is -0.129. The van der Waals surface area contributed by atoms with Gasteiger partial charge in [0.15, 0.2) is 5.71 Å². The maximum absolute atomic E-state index is 10.7. The lowest BCUT2D eigenvalue weighted by Gasteiger charge is -2.08. The highest BCUT2D eigenvalue weighted by Gasteiger charge is 2.36. The zero-order valence-electron chi connectivity index (χ0n) is 6.69. The molecule has 1 heterocycles. The topological polar surface area (TPSA) is 62.0 Å². The van der Waals surface area contributed by atoms with Gasteiger partial charge in [-0.2, -0.15) is 5.10 Å². The molecule has 0 radical (unpaired) electrons. The molecule has 4 heteroatoms. The average molecular weight is 174 g/mol. The highest BCUT2D eigenvalue weighted by atomic mass is 16.4. The van der Waals surface area contributed by atoms with Crippen molar-refractivity contribution in [1.82, 2.24) is 0 Å². The Bertz CT molecular complexity index is 441. The van der Waals surface area contributed by atoms with Gasteiger partial charge in [-0.3, -0.25) is 0 Å². The van der Waals surface area contributed by atoms with E-state index in [9.17, 15) is 4.79 Å². The Kier molecular flexibility index (Phi) is 1.02. The van der Waals surface area contributed by atoms with Crippen LogP contribution in [0.15, 0.2) is 33.5 Å². The first kappa shape index (κ1) is 6.77. The largest absolute Gasteiger partial charge is 0.476 e. The summed E-state index contributed by atoms with van der Waals surface area (Å²) in [6, 6.07) is 0. The van der Waals surface area contributed by atoms with Gasteiger partial charge in [0.2, 0.25) is 0 Å². The zero-order valence-corrected chi connectivity index (χ0v) is 6.69. The van der Waals surface area contributed by atoms with Crippen molar-refractivity contribution in [1.29, 1.82) is 0 Å². The summed E-state index contributed by atoms with van der Waals surface area (Å²) >= 11 is 0. The molecule has 0 saturated carbocycles. The van der Waals surface area contributed by atoms with E-state index in [1.54, 1.807) is 0 Å². The fourth-order valence-electron chi connectivity index (χ4n) is 1.71. The number of nitrogens with zero attached hydrogens (tertiary/aromatic N) is 2. The van der Waals surface area contributed by atoms with E-state index in [1.807, 2.05) is 6.08 Å². The van der Waals surface area contributed by atoms with E-state index in [2.05, 4.69) is 16.3 Å². The van der Waals surface area contributed by atoms with Crippen LogP contribution in [0, 0.1) is 5.92 Å². The van der Waals surface area contributed by atoms with Gasteiger partial charge in [0.1, 0.15) is 0 Å². The van der Waals surface area contributed by atoms with Crippen LogP contribution in [0.1, 0.15) is 6.42 Å². The second-order valence-corrected chi connectivity index (χ2v) is 3.34. The van der Waals surface area contributed by atoms with Crippen molar-refractivity contribution >= 4 is 17.4 Å². The van der Waals surface area contributed by atoms with E-state index in [-0.39, 0.29) is 5.71 Å². The molecule has 13 heavy (non-hydrogen) atoms. The molecule has 1 aliphatic heterocycles. The number of rotatable bonds is 1. The monoisotopic (exact) mass is 174 g/mol. The van der Waals surface area contributed by atoms with Gasteiger partial charge in [0.05, 0.1) is 5.71 Å². The van der Waals surface area contributed by atoms with Crippen LogP contribution in [-0.4, -0.2) is 22.5 Å². The predicted octanol–water partition coefficient (Wildman–Crippen LogP) is 0.768. The van der Waals surface area contributed by atoms with Gasteiger partial charge in [-0.05, 0) is 11.6 Å². The number of carboxylic acid groups (broad SMARTS) is 1. The molecule has 4 nitrogen and oxygen atoms in total. The Labute approximate surface area is 74.0 Å². The third kappa shape index (κ3) is 0.824. The molecule has 2 aliphatic carbocycles. The van der Waals surface area contributed by atoms with Crippen molar-refractivity contribution in [3.05, 3.63) is 23.3 Å². The molecular formula is C9H6N2O2. The van der Waals surface area contributed by atoms with Gasteiger partial charge < -0.3 is 5.11 Å². The first-order valence-electron chi connectivity index (χ1n) is 4.07. The van der Waals surface area contributed by atoms with Gasteiger partial charge in [0, 0.05) is 17.9 Å². The van der Waals surface area contributed by atoms with E-state index in [0.29, 0.717) is 11.5 Å². The van der Waals surface area contributed by atoms with Crippen molar-refractivity contribution in [2.24, 2.45) is 16.1 Å². The van der Waals surface area contributed by atoms with Crippen molar-refractivity contribution in [3.8, 4) is 0 Å². The molecule has 0 amide bonds. The summed E-state index contributed by atoms with van der Waals surface area (Å²) in [4.78, 5) is 10.7. The Balaban J connectivity index is 2.06. The van der Waals surface area contributed by atoms with Gasteiger partial charge in [0.25, 0.3) is 0 Å². The maximum Gasteiger partial charge on any atom is 0.357 e. The second-order valence-electron chi connectivity index (χ2n) is 3.34. The van der Waals surface area contributed by atoms with Crippen LogP contribution in [0.2, 0.25) is 0 Å². The molecule has 0 fully saturated rings. The molecule has 0 aromatic rings. The molecule has 1 N–H and O–H groups in total. The fraction of sp³-hybridized carbons (Fsp3) is 0.222. The molecule has 0 spiro atoms. The second kappa shape index (κ2) is 1.96. The van der Waals surface area contributed by atoms with Crippen molar-refractivity contribution in [3.63, 3.8) is 0 Å². The fourth-order valence-corrected chi connectivity index (χ4v) is 1.71. The lowest BCUT2D eigenvalue weighted by atomic mass is 9.94. The summed E-state index contributed by atoms with van der Waals surface area (Å²) in [5.74, 6) is -0.490. The van der Waals surface area contributed by atoms with Gasteiger partial charge in [-0.1, -0.05) is 6.08 Å². The smallest absolute Gasteiger partial charge is 0.357 e. The Morgan fingerprint density at radius 2 is 2.38 bits per heavy atom. The molecule has 1 atom stereocenters. The lowest BCUT2D eigenvalue weighted by Crippen LogP contribution is -2.19. The van der Waals surface area contributed by atoms with Gasteiger partial charge in [-0.25, -0.2) is 4.79 Å². The van der Waals surface area contributed by atoms with Crippen molar-refractivity contribution in [2.75, 3.05) is 0 Å². The number of fused-ring (bicyclic) bond motifs is 2. The summed E-state index contributed by atoms with van der Waals surface area (Å²) in [7, 11) is 0. The molecule has 3 rings (SSSR count).